The van der Waals surface area contributed by atoms with Crippen molar-refractivity contribution in [1.82, 2.24) is 15.3 Å². The quantitative estimate of drug-likeness (QED) is 0.862. The third kappa shape index (κ3) is 4.45. The maximum atomic E-state index is 4.10. The van der Waals surface area contributed by atoms with Gasteiger partial charge in [-0.1, -0.05) is 44.2 Å². The van der Waals surface area contributed by atoms with Gasteiger partial charge in [-0.3, -0.25) is 0 Å². The molecular weight excluding hydrogens is 234 g/mol. The summed E-state index contributed by atoms with van der Waals surface area (Å²) in [5.74, 6) is 0.453. The van der Waals surface area contributed by atoms with Crippen LogP contribution in [-0.4, -0.2) is 22.6 Å². The van der Waals surface area contributed by atoms with E-state index in [2.05, 4.69) is 59.5 Å². The van der Waals surface area contributed by atoms with Crippen molar-refractivity contribution >= 4 is 0 Å². The first-order chi connectivity index (χ1) is 9.25. The van der Waals surface area contributed by atoms with Crippen molar-refractivity contribution < 1.29 is 0 Å². The van der Waals surface area contributed by atoms with E-state index in [0.717, 1.165) is 13.0 Å². The number of hydrogen-bond donors (Lipinski definition) is 1. The molecule has 0 fully saturated rings. The zero-order valence-corrected chi connectivity index (χ0v) is 11.6. The summed E-state index contributed by atoms with van der Waals surface area (Å²) >= 11 is 0. The lowest BCUT2D eigenvalue weighted by Gasteiger charge is -2.19. The Labute approximate surface area is 115 Å². The Hall–Kier alpha value is -1.74. The summed E-state index contributed by atoms with van der Waals surface area (Å²) in [6, 6.07) is 11.1. The van der Waals surface area contributed by atoms with Gasteiger partial charge in [-0.05, 0) is 17.5 Å². The molecule has 0 saturated carbocycles. The minimum atomic E-state index is 0.453. The van der Waals surface area contributed by atoms with Gasteiger partial charge in [-0.15, -0.1) is 0 Å². The molecule has 0 saturated heterocycles. The highest BCUT2D eigenvalue weighted by atomic mass is 14.9. The fraction of sp³-hybridized carbons (Fsp3) is 0.375. The number of rotatable bonds is 6. The molecule has 100 valence electrons. The number of hydrogen-bond acceptors (Lipinski definition) is 3. The van der Waals surface area contributed by atoms with E-state index in [4.69, 9.17) is 0 Å². The molecule has 1 heterocycles. The van der Waals surface area contributed by atoms with Crippen molar-refractivity contribution in [1.29, 1.82) is 0 Å². The largest absolute Gasteiger partial charge is 0.314 e. The summed E-state index contributed by atoms with van der Waals surface area (Å²) < 4.78 is 0. The average Bonchev–Trinajstić information content (AvgIpc) is 2.45. The predicted molar refractivity (Wildman–Crippen MR) is 78.1 cm³/mol. The molecule has 1 unspecified atom stereocenters. The van der Waals surface area contributed by atoms with Gasteiger partial charge in [0.2, 0.25) is 0 Å². The van der Waals surface area contributed by atoms with Crippen LogP contribution in [0.5, 0.6) is 0 Å². The topological polar surface area (TPSA) is 37.8 Å². The van der Waals surface area contributed by atoms with E-state index in [1.54, 1.807) is 6.33 Å². The van der Waals surface area contributed by atoms with Crippen molar-refractivity contribution in [2.45, 2.75) is 32.2 Å². The first kappa shape index (κ1) is 13.7. The van der Waals surface area contributed by atoms with Gasteiger partial charge in [-0.25, -0.2) is 9.97 Å². The van der Waals surface area contributed by atoms with Crippen LogP contribution < -0.4 is 5.32 Å². The molecule has 1 aromatic heterocycles. The second-order valence-corrected chi connectivity index (χ2v) is 5.12. The molecule has 3 heteroatoms. The SMILES string of the molecule is CC(C)NCC(Cc1cncnc1)c1ccccc1. The van der Waals surface area contributed by atoms with Gasteiger partial charge in [0.05, 0.1) is 0 Å². The zero-order valence-electron chi connectivity index (χ0n) is 11.6. The molecule has 2 rings (SSSR count). The van der Waals surface area contributed by atoms with Crippen LogP contribution in [0.25, 0.3) is 0 Å². The lowest BCUT2D eigenvalue weighted by atomic mass is 9.93. The summed E-state index contributed by atoms with van der Waals surface area (Å²) in [6.45, 7) is 5.32. The average molecular weight is 255 g/mol. The molecule has 2 aromatic rings. The van der Waals surface area contributed by atoms with Crippen molar-refractivity contribution in [3.8, 4) is 0 Å². The first-order valence-electron chi connectivity index (χ1n) is 6.78. The second kappa shape index (κ2) is 7.00. The molecule has 3 nitrogen and oxygen atoms in total. The molecule has 1 N–H and O–H groups in total. The summed E-state index contributed by atoms with van der Waals surface area (Å²) in [4.78, 5) is 8.19. The van der Waals surface area contributed by atoms with E-state index in [0.29, 0.717) is 12.0 Å². The smallest absolute Gasteiger partial charge is 0.115 e. The van der Waals surface area contributed by atoms with E-state index in [9.17, 15) is 0 Å². The van der Waals surface area contributed by atoms with Gasteiger partial charge in [0.15, 0.2) is 0 Å². The monoisotopic (exact) mass is 255 g/mol. The van der Waals surface area contributed by atoms with Crippen LogP contribution in [0.2, 0.25) is 0 Å². The van der Waals surface area contributed by atoms with Gasteiger partial charge >= 0.3 is 0 Å². The second-order valence-electron chi connectivity index (χ2n) is 5.12. The zero-order chi connectivity index (χ0) is 13.5. The standard InChI is InChI=1S/C16H21N3/c1-13(2)19-11-16(15-6-4-3-5-7-15)8-14-9-17-12-18-10-14/h3-7,9-10,12-13,16,19H,8,11H2,1-2H3. The van der Waals surface area contributed by atoms with Gasteiger partial charge in [-0.2, -0.15) is 0 Å². The molecule has 0 spiro atoms. The van der Waals surface area contributed by atoms with Gasteiger partial charge in [0, 0.05) is 30.9 Å². The fourth-order valence-electron chi connectivity index (χ4n) is 2.13. The summed E-state index contributed by atoms with van der Waals surface area (Å²) in [7, 11) is 0. The van der Waals surface area contributed by atoms with Crippen molar-refractivity contribution in [3.05, 3.63) is 60.2 Å². The van der Waals surface area contributed by atoms with Crippen LogP contribution in [-0.2, 0) is 6.42 Å². The Morgan fingerprint density at radius 1 is 1.05 bits per heavy atom. The Balaban J connectivity index is 2.10. The Morgan fingerprint density at radius 3 is 2.37 bits per heavy atom. The highest BCUT2D eigenvalue weighted by Gasteiger charge is 2.12. The number of benzene rings is 1. The third-order valence-electron chi connectivity index (χ3n) is 3.14. The summed E-state index contributed by atoms with van der Waals surface area (Å²) in [5.41, 5.74) is 2.54. The first-order valence-corrected chi connectivity index (χ1v) is 6.78. The van der Waals surface area contributed by atoms with E-state index in [-0.39, 0.29) is 0 Å². The number of nitrogens with one attached hydrogen (secondary N) is 1. The summed E-state index contributed by atoms with van der Waals surface area (Å²) in [5, 5.41) is 3.52. The van der Waals surface area contributed by atoms with Crippen LogP contribution in [0.4, 0.5) is 0 Å². The third-order valence-corrected chi connectivity index (χ3v) is 3.14. The molecule has 1 atom stereocenters. The van der Waals surface area contributed by atoms with Crippen molar-refractivity contribution in [2.24, 2.45) is 0 Å². The van der Waals surface area contributed by atoms with E-state index >= 15 is 0 Å². The van der Waals surface area contributed by atoms with E-state index in [1.165, 1.54) is 11.1 Å². The Bertz CT molecular complexity index is 468. The molecule has 0 amide bonds. The Morgan fingerprint density at radius 2 is 1.74 bits per heavy atom. The lowest BCUT2D eigenvalue weighted by molar-refractivity contribution is 0.526. The van der Waals surface area contributed by atoms with Gasteiger partial charge in [0.1, 0.15) is 6.33 Å². The van der Waals surface area contributed by atoms with E-state index < -0.39 is 0 Å². The Kier molecular flexibility index (Phi) is 5.04. The molecule has 19 heavy (non-hydrogen) atoms. The summed E-state index contributed by atoms with van der Waals surface area (Å²) in [6.07, 6.45) is 6.34. The van der Waals surface area contributed by atoms with Crippen LogP contribution in [0.1, 0.15) is 30.9 Å². The van der Waals surface area contributed by atoms with Gasteiger partial charge < -0.3 is 5.32 Å². The van der Waals surface area contributed by atoms with Crippen LogP contribution in [0.15, 0.2) is 49.1 Å². The van der Waals surface area contributed by atoms with Crippen molar-refractivity contribution in [2.75, 3.05) is 6.54 Å². The highest BCUT2D eigenvalue weighted by Crippen LogP contribution is 2.19. The molecule has 0 bridgehead atoms. The molecule has 0 radical (unpaired) electrons. The lowest BCUT2D eigenvalue weighted by Crippen LogP contribution is -2.29. The van der Waals surface area contributed by atoms with Crippen molar-refractivity contribution in [3.63, 3.8) is 0 Å². The minimum absolute atomic E-state index is 0.453. The molecule has 0 aliphatic rings. The minimum Gasteiger partial charge on any atom is -0.314 e. The molecular formula is C16H21N3. The molecule has 0 aliphatic carbocycles. The predicted octanol–water partition coefficient (Wildman–Crippen LogP) is 2.80. The van der Waals surface area contributed by atoms with Crippen LogP contribution in [0.3, 0.4) is 0 Å². The maximum absolute atomic E-state index is 4.10. The molecule has 1 aromatic carbocycles. The number of aromatic nitrogens is 2. The van der Waals surface area contributed by atoms with Crippen LogP contribution >= 0.6 is 0 Å². The van der Waals surface area contributed by atoms with Gasteiger partial charge in [0.25, 0.3) is 0 Å². The maximum Gasteiger partial charge on any atom is 0.115 e. The van der Waals surface area contributed by atoms with E-state index in [1.807, 2.05) is 12.4 Å². The normalized spacial score (nSPS) is 12.6. The number of nitrogens with zero attached hydrogens (tertiary/aromatic N) is 2. The van der Waals surface area contributed by atoms with Crippen LogP contribution in [0, 0.1) is 0 Å². The molecule has 0 aliphatic heterocycles. The highest BCUT2D eigenvalue weighted by molar-refractivity contribution is 5.22. The fourth-order valence-corrected chi connectivity index (χ4v) is 2.13.